The van der Waals surface area contributed by atoms with Gasteiger partial charge in [-0.3, -0.25) is 9.59 Å². The third-order valence-electron chi connectivity index (χ3n) is 7.40. The minimum Gasteiger partial charge on any atom is -0.466 e. The Hall–Kier alpha value is -1.76. The fourth-order valence-electron chi connectivity index (χ4n) is 6.56. The van der Waals surface area contributed by atoms with Gasteiger partial charge < -0.3 is 14.1 Å². The number of carbonyl (C=O) groups excluding carboxylic acids is 3. The van der Waals surface area contributed by atoms with E-state index in [9.17, 15) is 14.4 Å². The zero-order chi connectivity index (χ0) is 20.2. The van der Waals surface area contributed by atoms with Crippen LogP contribution in [0.1, 0.15) is 56.6 Å². The Labute approximate surface area is 174 Å². The van der Waals surface area contributed by atoms with Gasteiger partial charge in [-0.15, -0.1) is 11.8 Å². The maximum Gasteiger partial charge on any atom is 0.330 e. The number of nitrogens with zero attached hydrogens (tertiary/aromatic N) is 1. The molecule has 1 saturated heterocycles. The third kappa shape index (κ3) is 3.31. The molecular weight excluding hydrogens is 390 g/mol. The van der Waals surface area contributed by atoms with Crippen molar-refractivity contribution in [2.45, 2.75) is 56.9 Å². The molecule has 1 aromatic heterocycles. The molecule has 0 spiro atoms. The second-order valence-electron chi connectivity index (χ2n) is 9.37. The van der Waals surface area contributed by atoms with E-state index in [-0.39, 0.29) is 29.1 Å². The molecule has 156 valence electrons. The van der Waals surface area contributed by atoms with Gasteiger partial charge >= 0.3 is 5.97 Å². The second kappa shape index (κ2) is 7.18. The fourth-order valence-corrected chi connectivity index (χ4v) is 7.98. The average molecular weight is 418 g/mol. The predicted molar refractivity (Wildman–Crippen MR) is 107 cm³/mol. The molecule has 0 unspecified atom stereocenters. The molecule has 5 aliphatic rings. The topological polar surface area (TPSA) is 76.8 Å². The molecule has 7 heteroatoms. The molecule has 1 aliphatic heterocycles. The van der Waals surface area contributed by atoms with Crippen molar-refractivity contribution in [2.75, 3.05) is 12.4 Å². The van der Waals surface area contributed by atoms with Gasteiger partial charge in [0.15, 0.2) is 12.4 Å². The number of rotatable bonds is 5. The number of hydrogen-bond donors (Lipinski definition) is 0. The highest BCUT2D eigenvalue weighted by molar-refractivity contribution is 7.99. The predicted octanol–water partition coefficient (Wildman–Crippen LogP) is 3.57. The van der Waals surface area contributed by atoms with Gasteiger partial charge in [-0.1, -0.05) is 0 Å². The second-order valence-corrected chi connectivity index (χ2v) is 10.5. The number of amides is 1. The van der Waals surface area contributed by atoms with E-state index in [0.717, 1.165) is 19.3 Å². The van der Waals surface area contributed by atoms with Crippen molar-refractivity contribution in [1.82, 2.24) is 4.90 Å². The number of Topliss-reactive ketones (excluding diaryl/α,β-unsaturated/α-hetero) is 1. The summed E-state index contributed by atoms with van der Waals surface area (Å²) in [5, 5.41) is -0.334. The minimum atomic E-state index is -0.684. The van der Waals surface area contributed by atoms with Crippen LogP contribution in [0.3, 0.4) is 0 Å². The Balaban J connectivity index is 1.24. The molecule has 1 amide bonds. The molecule has 0 aromatic carbocycles. The van der Waals surface area contributed by atoms with Crippen LogP contribution in [0.25, 0.3) is 0 Å². The first-order valence-corrected chi connectivity index (χ1v) is 11.6. The van der Waals surface area contributed by atoms with Crippen molar-refractivity contribution in [2.24, 2.45) is 23.2 Å². The maximum atomic E-state index is 13.1. The van der Waals surface area contributed by atoms with E-state index in [1.807, 2.05) is 0 Å². The summed E-state index contributed by atoms with van der Waals surface area (Å²) >= 11 is 1.48. The van der Waals surface area contributed by atoms with E-state index in [0.29, 0.717) is 29.3 Å². The van der Waals surface area contributed by atoms with Crippen molar-refractivity contribution in [3.8, 4) is 0 Å². The number of furan rings is 1. The fraction of sp³-hybridized carbons (Fsp3) is 0.682. The number of ketones is 1. The quantitative estimate of drug-likeness (QED) is 0.682. The lowest BCUT2D eigenvalue weighted by Gasteiger charge is -2.55. The number of ether oxygens (including phenoxy) is 1. The molecule has 5 fully saturated rings. The Morgan fingerprint density at radius 2 is 1.83 bits per heavy atom. The Kier molecular flexibility index (Phi) is 4.76. The number of hydrogen-bond acceptors (Lipinski definition) is 6. The van der Waals surface area contributed by atoms with Gasteiger partial charge in [0.2, 0.25) is 5.91 Å². The molecule has 6 nitrogen and oxygen atoms in total. The van der Waals surface area contributed by atoms with E-state index < -0.39 is 12.0 Å². The van der Waals surface area contributed by atoms with Gasteiger partial charge in [0.1, 0.15) is 17.2 Å². The normalized spacial score (nSPS) is 37.7. The summed E-state index contributed by atoms with van der Waals surface area (Å²) in [5.74, 6) is 2.51. The zero-order valence-corrected chi connectivity index (χ0v) is 17.5. The maximum absolute atomic E-state index is 13.1. The lowest BCUT2D eigenvalue weighted by atomic mass is 9.48. The molecule has 0 N–H and O–H groups in total. The Bertz CT molecular complexity index is 784. The number of carbonyl (C=O) groups is 3. The summed E-state index contributed by atoms with van der Waals surface area (Å²) < 4.78 is 10.9. The van der Waals surface area contributed by atoms with Gasteiger partial charge in [-0.2, -0.15) is 0 Å². The summed E-state index contributed by atoms with van der Waals surface area (Å²) in [6.45, 7) is 1.28. The Morgan fingerprint density at radius 1 is 1.17 bits per heavy atom. The van der Waals surface area contributed by atoms with Crippen LogP contribution in [0.2, 0.25) is 0 Å². The van der Waals surface area contributed by atoms with Gasteiger partial charge in [0.25, 0.3) is 0 Å². The summed E-state index contributed by atoms with van der Waals surface area (Å²) in [5.41, 5.74) is -0.267. The molecule has 1 aromatic rings. The third-order valence-corrected chi connectivity index (χ3v) is 8.68. The van der Waals surface area contributed by atoms with E-state index >= 15 is 0 Å². The van der Waals surface area contributed by atoms with Gasteiger partial charge in [-0.05, 0) is 68.4 Å². The van der Waals surface area contributed by atoms with Crippen LogP contribution in [0.15, 0.2) is 22.8 Å². The molecule has 4 saturated carbocycles. The molecule has 2 atom stereocenters. The molecule has 0 radical (unpaired) electrons. The first kappa shape index (κ1) is 19.2. The largest absolute Gasteiger partial charge is 0.466 e. The van der Waals surface area contributed by atoms with Crippen LogP contribution in [-0.4, -0.2) is 41.0 Å². The van der Waals surface area contributed by atoms with Crippen molar-refractivity contribution in [1.29, 1.82) is 0 Å². The van der Waals surface area contributed by atoms with Crippen molar-refractivity contribution in [3.05, 3.63) is 24.2 Å². The van der Waals surface area contributed by atoms with E-state index in [1.165, 1.54) is 42.8 Å². The molecule has 29 heavy (non-hydrogen) atoms. The lowest BCUT2D eigenvalue weighted by molar-refractivity contribution is -0.162. The number of thioether (sulfide) groups is 1. The standard InChI is InChI=1S/C22H27NO5S/c1-13(24)23-17(12-29-20(23)18-3-2-4-27-18)21(26)28-11-19(25)22-8-14-5-15(9-22)7-16(6-14)10-22/h2-4,14-17,20H,5-12H2,1H3/t14?,15?,16?,17-,20-,22?/m0/s1. The average Bonchev–Trinajstić information content (AvgIpc) is 3.33. The highest BCUT2D eigenvalue weighted by Gasteiger charge is 2.54. The SMILES string of the molecule is CC(=O)N1[C@H](C(=O)OCC(=O)C23CC4CC(CC(C4)C2)C3)CS[C@H]1c1ccco1. The van der Waals surface area contributed by atoms with E-state index in [4.69, 9.17) is 9.15 Å². The zero-order valence-electron chi connectivity index (χ0n) is 16.7. The monoisotopic (exact) mass is 417 g/mol. The van der Waals surface area contributed by atoms with Gasteiger partial charge in [0.05, 0.1) is 6.26 Å². The van der Waals surface area contributed by atoms with Crippen LogP contribution >= 0.6 is 11.8 Å². The van der Waals surface area contributed by atoms with Crippen LogP contribution in [0, 0.1) is 23.2 Å². The number of esters is 1. The van der Waals surface area contributed by atoms with Crippen molar-refractivity contribution in [3.63, 3.8) is 0 Å². The highest BCUT2D eigenvalue weighted by Crippen LogP contribution is 2.60. The Morgan fingerprint density at radius 3 is 2.38 bits per heavy atom. The first-order chi connectivity index (χ1) is 13.9. The summed E-state index contributed by atoms with van der Waals surface area (Å²) in [6, 6.07) is 2.89. The summed E-state index contributed by atoms with van der Waals surface area (Å²) in [4.78, 5) is 39.6. The summed E-state index contributed by atoms with van der Waals surface area (Å²) in [6.07, 6.45) is 8.27. The molecule has 4 aliphatic carbocycles. The van der Waals surface area contributed by atoms with Crippen LogP contribution in [-0.2, 0) is 19.1 Å². The minimum absolute atomic E-state index is 0.0903. The molecule has 4 bridgehead atoms. The molecular formula is C22H27NO5S. The van der Waals surface area contributed by atoms with E-state index in [2.05, 4.69) is 0 Å². The molecule has 6 rings (SSSR count). The van der Waals surface area contributed by atoms with Crippen molar-refractivity contribution >= 4 is 29.4 Å². The van der Waals surface area contributed by atoms with Crippen LogP contribution < -0.4 is 0 Å². The van der Waals surface area contributed by atoms with Gasteiger partial charge in [-0.25, -0.2) is 4.79 Å². The first-order valence-electron chi connectivity index (χ1n) is 10.6. The van der Waals surface area contributed by atoms with Crippen molar-refractivity contribution < 1.29 is 23.5 Å². The highest BCUT2D eigenvalue weighted by atomic mass is 32.2. The van der Waals surface area contributed by atoms with E-state index in [1.54, 1.807) is 18.4 Å². The van der Waals surface area contributed by atoms with Crippen LogP contribution in [0.4, 0.5) is 0 Å². The molecule has 2 heterocycles. The van der Waals surface area contributed by atoms with Gasteiger partial charge in [0, 0.05) is 18.1 Å². The smallest absolute Gasteiger partial charge is 0.330 e. The van der Waals surface area contributed by atoms with Crippen LogP contribution in [0.5, 0.6) is 0 Å². The summed E-state index contributed by atoms with van der Waals surface area (Å²) in [7, 11) is 0. The lowest BCUT2D eigenvalue weighted by Crippen LogP contribution is -2.51.